The summed E-state index contributed by atoms with van der Waals surface area (Å²) < 4.78 is 16.9. The molecule has 368 valence electrons. The van der Waals surface area contributed by atoms with Crippen molar-refractivity contribution < 1.29 is 28.6 Å². The second kappa shape index (κ2) is 50.4. The second-order valence-corrected chi connectivity index (χ2v) is 19.5. The Morgan fingerprint density at radius 2 is 0.565 bits per heavy atom. The standard InChI is InChI=1S/C56H108O6/c1-5-8-10-12-14-16-18-20-22-23-25-27-33-37-41-45-49-56(59)62-53(50-60-54(57)47-43-39-35-31-26-24-21-19-17-15-13-11-9-6-2)51-61-55(58)48-44-40-36-32-29-28-30-34-38-42-46-52(4)7-3/h52-53H,5-51H2,1-4H3/t52?,53-/m0/s1. The molecule has 6 nitrogen and oxygen atoms in total. The molecule has 1 unspecified atom stereocenters. The molecule has 0 fully saturated rings. The van der Waals surface area contributed by atoms with Gasteiger partial charge in [-0.15, -0.1) is 0 Å². The van der Waals surface area contributed by atoms with E-state index in [9.17, 15) is 14.4 Å². The minimum Gasteiger partial charge on any atom is -0.462 e. The summed E-state index contributed by atoms with van der Waals surface area (Å²) in [4.78, 5) is 38.1. The summed E-state index contributed by atoms with van der Waals surface area (Å²) in [5.41, 5.74) is 0. The van der Waals surface area contributed by atoms with Crippen molar-refractivity contribution in [1.29, 1.82) is 0 Å². The highest BCUT2D eigenvalue weighted by molar-refractivity contribution is 5.71. The van der Waals surface area contributed by atoms with E-state index >= 15 is 0 Å². The number of esters is 3. The van der Waals surface area contributed by atoms with Gasteiger partial charge in [-0.3, -0.25) is 14.4 Å². The van der Waals surface area contributed by atoms with E-state index in [1.807, 2.05) is 0 Å². The molecule has 0 amide bonds. The van der Waals surface area contributed by atoms with Crippen LogP contribution in [-0.4, -0.2) is 37.2 Å². The lowest BCUT2D eigenvalue weighted by atomic mass is 9.99. The largest absolute Gasteiger partial charge is 0.462 e. The number of rotatable bonds is 51. The molecule has 0 rings (SSSR count). The fraction of sp³-hybridized carbons (Fsp3) is 0.946. The molecule has 2 atom stereocenters. The Hall–Kier alpha value is -1.59. The highest BCUT2D eigenvalue weighted by atomic mass is 16.6. The highest BCUT2D eigenvalue weighted by Gasteiger charge is 2.19. The van der Waals surface area contributed by atoms with Gasteiger partial charge in [0.1, 0.15) is 13.2 Å². The van der Waals surface area contributed by atoms with Crippen molar-refractivity contribution in [1.82, 2.24) is 0 Å². The van der Waals surface area contributed by atoms with Gasteiger partial charge in [0.05, 0.1) is 0 Å². The third-order valence-electron chi connectivity index (χ3n) is 13.2. The van der Waals surface area contributed by atoms with Gasteiger partial charge >= 0.3 is 17.9 Å². The van der Waals surface area contributed by atoms with Gasteiger partial charge in [0, 0.05) is 19.3 Å². The Morgan fingerprint density at radius 1 is 0.323 bits per heavy atom. The zero-order valence-corrected chi connectivity index (χ0v) is 42.3. The van der Waals surface area contributed by atoms with Gasteiger partial charge in [0.15, 0.2) is 6.10 Å². The maximum absolute atomic E-state index is 12.8. The smallest absolute Gasteiger partial charge is 0.306 e. The average Bonchev–Trinajstić information content (AvgIpc) is 3.27. The topological polar surface area (TPSA) is 78.9 Å². The molecule has 0 aromatic rings. The summed E-state index contributed by atoms with van der Waals surface area (Å²) in [7, 11) is 0. The number of carbonyl (C=O) groups excluding carboxylic acids is 3. The van der Waals surface area contributed by atoms with E-state index in [0.717, 1.165) is 63.7 Å². The summed E-state index contributed by atoms with van der Waals surface area (Å²) in [5.74, 6) is 0.0314. The van der Waals surface area contributed by atoms with Gasteiger partial charge in [0.2, 0.25) is 0 Å². The first-order valence-corrected chi connectivity index (χ1v) is 27.9. The Labute approximate surface area is 387 Å². The Balaban J connectivity index is 4.31. The summed E-state index contributed by atoms with van der Waals surface area (Å²) >= 11 is 0. The molecule has 0 aromatic heterocycles. The molecule has 0 aliphatic heterocycles. The van der Waals surface area contributed by atoms with Gasteiger partial charge in [-0.25, -0.2) is 0 Å². The van der Waals surface area contributed by atoms with Crippen molar-refractivity contribution >= 4 is 17.9 Å². The number of hydrogen-bond acceptors (Lipinski definition) is 6. The molecule has 0 N–H and O–H groups in total. The van der Waals surface area contributed by atoms with Crippen molar-refractivity contribution in [3.63, 3.8) is 0 Å². The van der Waals surface area contributed by atoms with E-state index in [-0.39, 0.29) is 31.1 Å². The molecule has 0 aliphatic rings. The van der Waals surface area contributed by atoms with Crippen LogP contribution in [-0.2, 0) is 28.6 Å². The highest BCUT2D eigenvalue weighted by Crippen LogP contribution is 2.18. The van der Waals surface area contributed by atoms with Gasteiger partial charge in [-0.2, -0.15) is 0 Å². The molecule has 0 aliphatic carbocycles. The molecule has 0 saturated heterocycles. The molecule has 0 radical (unpaired) electrons. The number of carbonyl (C=O) groups is 3. The number of unbranched alkanes of at least 4 members (excludes halogenated alkanes) is 37. The molecular formula is C56H108O6. The van der Waals surface area contributed by atoms with Gasteiger partial charge < -0.3 is 14.2 Å². The molecular weight excluding hydrogens is 769 g/mol. The van der Waals surface area contributed by atoms with Crippen LogP contribution in [0.5, 0.6) is 0 Å². The molecule has 0 aromatic carbocycles. The van der Waals surface area contributed by atoms with Crippen molar-refractivity contribution in [3.05, 3.63) is 0 Å². The third kappa shape index (κ3) is 47.9. The van der Waals surface area contributed by atoms with Crippen LogP contribution in [0.1, 0.15) is 317 Å². The van der Waals surface area contributed by atoms with Crippen LogP contribution in [0.25, 0.3) is 0 Å². The summed E-state index contributed by atoms with van der Waals surface area (Å²) in [6.45, 7) is 9.07. The molecule has 6 heteroatoms. The summed E-state index contributed by atoms with van der Waals surface area (Å²) in [6.07, 6.45) is 53.6. The maximum atomic E-state index is 12.8. The summed E-state index contributed by atoms with van der Waals surface area (Å²) in [5, 5.41) is 0. The first-order valence-electron chi connectivity index (χ1n) is 27.9. The monoisotopic (exact) mass is 877 g/mol. The molecule has 0 heterocycles. The third-order valence-corrected chi connectivity index (χ3v) is 13.2. The zero-order chi connectivity index (χ0) is 45.2. The molecule has 62 heavy (non-hydrogen) atoms. The minimum absolute atomic E-state index is 0.0622. The molecule has 0 saturated carbocycles. The van der Waals surface area contributed by atoms with E-state index in [1.54, 1.807) is 0 Å². The van der Waals surface area contributed by atoms with E-state index in [0.29, 0.717) is 19.3 Å². The number of hydrogen-bond donors (Lipinski definition) is 0. The van der Waals surface area contributed by atoms with Gasteiger partial charge in [0.25, 0.3) is 0 Å². The lowest BCUT2D eigenvalue weighted by Crippen LogP contribution is -2.30. The predicted octanol–water partition coefficient (Wildman–Crippen LogP) is 18.2. The van der Waals surface area contributed by atoms with E-state index in [1.165, 1.54) is 212 Å². The van der Waals surface area contributed by atoms with Crippen LogP contribution in [0.4, 0.5) is 0 Å². The molecule has 0 spiro atoms. The predicted molar refractivity (Wildman–Crippen MR) is 266 cm³/mol. The van der Waals surface area contributed by atoms with Crippen molar-refractivity contribution in [2.24, 2.45) is 5.92 Å². The minimum atomic E-state index is -0.761. The molecule has 0 bridgehead atoms. The van der Waals surface area contributed by atoms with Gasteiger partial charge in [-0.05, 0) is 25.2 Å². The Kier molecular flexibility index (Phi) is 49.1. The quantitative estimate of drug-likeness (QED) is 0.0344. The first-order chi connectivity index (χ1) is 30.4. The lowest BCUT2D eigenvalue weighted by Gasteiger charge is -2.18. The van der Waals surface area contributed by atoms with Crippen LogP contribution in [0, 0.1) is 5.92 Å². The lowest BCUT2D eigenvalue weighted by molar-refractivity contribution is -0.167. The number of ether oxygens (including phenoxy) is 3. The Morgan fingerprint density at radius 3 is 0.839 bits per heavy atom. The van der Waals surface area contributed by atoms with Crippen LogP contribution >= 0.6 is 0 Å². The van der Waals surface area contributed by atoms with Crippen LogP contribution in [0.15, 0.2) is 0 Å². The van der Waals surface area contributed by atoms with E-state index < -0.39 is 6.10 Å². The average molecular weight is 877 g/mol. The maximum Gasteiger partial charge on any atom is 0.306 e. The van der Waals surface area contributed by atoms with E-state index in [4.69, 9.17) is 14.2 Å². The van der Waals surface area contributed by atoms with Crippen LogP contribution in [0.3, 0.4) is 0 Å². The van der Waals surface area contributed by atoms with Crippen molar-refractivity contribution in [3.8, 4) is 0 Å². The van der Waals surface area contributed by atoms with Crippen LogP contribution in [0.2, 0.25) is 0 Å². The fourth-order valence-corrected chi connectivity index (χ4v) is 8.54. The SMILES string of the molecule is CCCCCCCCCCCCCCCCCCC(=O)O[C@@H](COC(=O)CCCCCCCCCCCCCCCC)COC(=O)CCCCCCCCCCCCC(C)CC. The zero-order valence-electron chi connectivity index (χ0n) is 42.3. The van der Waals surface area contributed by atoms with Crippen molar-refractivity contribution in [2.75, 3.05) is 13.2 Å². The fourth-order valence-electron chi connectivity index (χ4n) is 8.54. The normalized spacial score (nSPS) is 12.4. The second-order valence-electron chi connectivity index (χ2n) is 19.5. The van der Waals surface area contributed by atoms with Crippen molar-refractivity contribution in [2.45, 2.75) is 323 Å². The van der Waals surface area contributed by atoms with E-state index in [2.05, 4.69) is 27.7 Å². The van der Waals surface area contributed by atoms with Crippen LogP contribution < -0.4 is 0 Å². The van der Waals surface area contributed by atoms with Gasteiger partial charge in [-0.1, -0.05) is 278 Å². The first kappa shape index (κ1) is 60.4. The Bertz CT molecular complexity index is 935. The summed E-state index contributed by atoms with van der Waals surface area (Å²) in [6, 6.07) is 0.